The quantitative estimate of drug-likeness (QED) is 0.794. The molecule has 0 spiro atoms. The molecule has 1 saturated heterocycles. The molecule has 0 N–H and O–H groups in total. The van der Waals surface area contributed by atoms with E-state index >= 15 is 0 Å². The van der Waals surface area contributed by atoms with Crippen LogP contribution in [-0.4, -0.2) is 41.4 Å². The molecule has 0 atom stereocenters. The molecule has 16 heavy (non-hydrogen) atoms. The van der Waals surface area contributed by atoms with E-state index in [2.05, 4.69) is 37.3 Å². The maximum atomic E-state index is 4.38. The van der Waals surface area contributed by atoms with Crippen molar-refractivity contribution < 1.29 is 0 Å². The fraction of sp³-hybridized carbons (Fsp3) is 0.462. The Hall–Kier alpha value is -0.511. The molecule has 0 aromatic carbocycles. The van der Waals surface area contributed by atoms with Crippen molar-refractivity contribution in [3.63, 3.8) is 0 Å². The van der Waals surface area contributed by atoms with Gasteiger partial charge in [0.15, 0.2) is 0 Å². The molecule has 1 aliphatic heterocycles. The number of hydrogen-bond acceptors (Lipinski definition) is 2. The standard InChI is InChI=1S/C10H11N2.3CH3.Sn/c1-9(12-6-3-7-12)10-4-2-5-11-8-10;;;;/h4-5,8H,1,3,6-7H2;3*1H3;. The van der Waals surface area contributed by atoms with Crippen LogP contribution in [0.5, 0.6) is 0 Å². The van der Waals surface area contributed by atoms with Crippen LogP contribution in [0.1, 0.15) is 12.0 Å². The Morgan fingerprint density at radius 3 is 2.50 bits per heavy atom. The van der Waals surface area contributed by atoms with Gasteiger partial charge in [0.05, 0.1) is 0 Å². The summed E-state index contributed by atoms with van der Waals surface area (Å²) in [6, 6.07) is 2.31. The van der Waals surface area contributed by atoms with E-state index in [1.807, 2.05) is 12.4 Å². The van der Waals surface area contributed by atoms with Gasteiger partial charge in [-0.15, -0.1) is 0 Å². The van der Waals surface area contributed by atoms with E-state index in [9.17, 15) is 0 Å². The van der Waals surface area contributed by atoms with E-state index in [1.165, 1.54) is 15.6 Å². The zero-order chi connectivity index (χ0) is 11.8. The second kappa shape index (κ2) is 4.40. The molecule has 2 rings (SSSR count). The fourth-order valence-corrected chi connectivity index (χ4v) is 4.77. The average Bonchev–Trinajstić information content (AvgIpc) is 2.14. The summed E-state index contributed by atoms with van der Waals surface area (Å²) in [6.45, 7) is 6.49. The van der Waals surface area contributed by atoms with Crippen molar-refractivity contribution in [2.45, 2.75) is 21.2 Å². The molecule has 2 heterocycles. The normalized spacial score (nSPS) is 15.8. The Morgan fingerprint density at radius 2 is 2.00 bits per heavy atom. The number of likely N-dealkylation sites (tertiary alicyclic amines) is 1. The summed E-state index contributed by atoms with van der Waals surface area (Å²) in [5, 5.41) is 0. The maximum absolute atomic E-state index is 4.38. The Bertz CT molecular complexity index is 403. The molecular weight excluding hydrogens is 303 g/mol. The van der Waals surface area contributed by atoms with Crippen molar-refractivity contribution in [2.75, 3.05) is 13.1 Å². The van der Waals surface area contributed by atoms with E-state index in [0.29, 0.717) is 0 Å². The molecule has 0 saturated carbocycles. The van der Waals surface area contributed by atoms with Crippen LogP contribution in [0.3, 0.4) is 0 Å². The topological polar surface area (TPSA) is 16.1 Å². The van der Waals surface area contributed by atoms with E-state index in [0.717, 1.165) is 18.8 Å². The van der Waals surface area contributed by atoms with Gasteiger partial charge in [-0.3, -0.25) is 0 Å². The number of nitrogens with zero attached hydrogens (tertiary/aromatic N) is 2. The first-order valence-electron chi connectivity index (χ1n) is 5.88. The Labute approximate surface area is 102 Å². The van der Waals surface area contributed by atoms with Gasteiger partial charge in [-0.25, -0.2) is 0 Å². The molecular formula is C13H20N2Sn. The third kappa shape index (κ3) is 2.42. The predicted molar refractivity (Wildman–Crippen MR) is 72.4 cm³/mol. The van der Waals surface area contributed by atoms with Crippen LogP contribution >= 0.6 is 0 Å². The minimum atomic E-state index is -1.98. The first kappa shape index (κ1) is 12.0. The SMILES string of the molecule is C=C(c1cnc[c]([Sn]([CH3])([CH3])[CH3])c1)N1CCC1. The second-order valence-corrected chi connectivity index (χ2v) is 20.0. The molecule has 0 unspecified atom stereocenters. The molecule has 0 bridgehead atoms. The molecule has 1 aliphatic rings. The van der Waals surface area contributed by atoms with Crippen molar-refractivity contribution in [3.05, 3.63) is 30.6 Å². The summed E-state index contributed by atoms with van der Waals surface area (Å²) in [5.41, 5.74) is 2.36. The minimum absolute atomic E-state index is 1.15. The molecule has 86 valence electrons. The van der Waals surface area contributed by atoms with E-state index in [-0.39, 0.29) is 0 Å². The first-order valence-corrected chi connectivity index (χ1v) is 15.9. The van der Waals surface area contributed by atoms with Gasteiger partial charge in [-0.2, -0.15) is 0 Å². The first-order chi connectivity index (χ1) is 7.48. The van der Waals surface area contributed by atoms with Crippen LogP contribution in [0.25, 0.3) is 5.70 Å². The number of hydrogen-bond donors (Lipinski definition) is 0. The van der Waals surface area contributed by atoms with Gasteiger partial charge >= 0.3 is 102 Å². The van der Waals surface area contributed by atoms with Gasteiger partial charge in [0, 0.05) is 0 Å². The van der Waals surface area contributed by atoms with Gasteiger partial charge < -0.3 is 0 Å². The van der Waals surface area contributed by atoms with Crippen molar-refractivity contribution in [3.8, 4) is 0 Å². The van der Waals surface area contributed by atoms with Crippen LogP contribution in [-0.2, 0) is 0 Å². The summed E-state index contributed by atoms with van der Waals surface area (Å²) in [7, 11) is 0. The average molecular weight is 323 g/mol. The van der Waals surface area contributed by atoms with Crippen LogP contribution < -0.4 is 3.58 Å². The molecule has 1 aromatic rings. The van der Waals surface area contributed by atoms with Gasteiger partial charge in [-0.05, 0) is 0 Å². The summed E-state index contributed by atoms with van der Waals surface area (Å²) in [5.74, 6) is 0. The summed E-state index contributed by atoms with van der Waals surface area (Å²) < 4.78 is 1.48. The number of rotatable bonds is 3. The molecule has 1 fully saturated rings. The zero-order valence-corrected chi connectivity index (χ0v) is 13.3. The number of aromatic nitrogens is 1. The Kier molecular flexibility index (Phi) is 3.29. The van der Waals surface area contributed by atoms with E-state index in [1.54, 1.807) is 0 Å². The van der Waals surface area contributed by atoms with E-state index < -0.39 is 18.4 Å². The molecule has 1 aromatic heterocycles. The fourth-order valence-electron chi connectivity index (χ4n) is 1.78. The molecule has 2 nitrogen and oxygen atoms in total. The molecule has 0 aliphatic carbocycles. The predicted octanol–water partition coefficient (Wildman–Crippen LogP) is 2.30. The van der Waals surface area contributed by atoms with Crippen molar-refractivity contribution >= 4 is 27.7 Å². The zero-order valence-electron chi connectivity index (χ0n) is 10.5. The van der Waals surface area contributed by atoms with Crippen molar-refractivity contribution in [1.82, 2.24) is 9.88 Å². The summed E-state index contributed by atoms with van der Waals surface area (Å²) >= 11 is -1.98. The van der Waals surface area contributed by atoms with Crippen molar-refractivity contribution in [2.24, 2.45) is 0 Å². The van der Waals surface area contributed by atoms with Crippen LogP contribution in [0.2, 0.25) is 14.8 Å². The van der Waals surface area contributed by atoms with E-state index in [4.69, 9.17) is 0 Å². The molecule has 3 heteroatoms. The molecule has 0 radical (unpaired) electrons. The van der Waals surface area contributed by atoms with Gasteiger partial charge in [0.2, 0.25) is 0 Å². The third-order valence-electron chi connectivity index (χ3n) is 3.18. The van der Waals surface area contributed by atoms with Gasteiger partial charge in [0.25, 0.3) is 0 Å². The third-order valence-corrected chi connectivity index (χ3v) is 8.90. The van der Waals surface area contributed by atoms with Crippen LogP contribution in [0.4, 0.5) is 0 Å². The Morgan fingerprint density at radius 1 is 1.31 bits per heavy atom. The van der Waals surface area contributed by atoms with Gasteiger partial charge in [0.1, 0.15) is 0 Å². The van der Waals surface area contributed by atoms with Crippen LogP contribution in [0, 0.1) is 0 Å². The monoisotopic (exact) mass is 324 g/mol. The number of pyridine rings is 1. The Balaban J connectivity index is 2.25. The molecule has 0 amide bonds. The second-order valence-electron chi connectivity index (χ2n) is 5.50. The van der Waals surface area contributed by atoms with Gasteiger partial charge in [-0.1, -0.05) is 0 Å². The summed E-state index contributed by atoms with van der Waals surface area (Å²) in [6.07, 6.45) is 5.29. The van der Waals surface area contributed by atoms with Crippen LogP contribution in [0.15, 0.2) is 25.0 Å². The van der Waals surface area contributed by atoms with Crippen molar-refractivity contribution in [1.29, 1.82) is 0 Å². The summed E-state index contributed by atoms with van der Waals surface area (Å²) in [4.78, 5) is 14.0.